The highest BCUT2D eigenvalue weighted by atomic mass is 32.2. The van der Waals surface area contributed by atoms with Crippen molar-refractivity contribution < 1.29 is 18.0 Å². The Morgan fingerprint density at radius 1 is 1.12 bits per heavy atom. The normalized spacial score (nSPS) is 24.7. The Bertz CT molecular complexity index is 1510. The van der Waals surface area contributed by atoms with Gasteiger partial charge in [-0.2, -0.15) is 9.57 Å². The lowest BCUT2D eigenvalue weighted by molar-refractivity contribution is -0.120. The monoisotopic (exact) mass is 462 g/mol. The maximum Gasteiger partial charge on any atom is 0.332 e. The molecule has 166 valence electrons. The van der Waals surface area contributed by atoms with E-state index in [0.717, 1.165) is 4.90 Å². The molecule has 0 aliphatic carbocycles. The van der Waals surface area contributed by atoms with Crippen LogP contribution in [-0.2, 0) is 21.9 Å². The minimum Gasteiger partial charge on any atom is -0.339 e. The molecule has 3 aliphatic rings. The van der Waals surface area contributed by atoms with E-state index in [0.29, 0.717) is 28.4 Å². The summed E-state index contributed by atoms with van der Waals surface area (Å²) in [5.41, 5.74) is 0.842. The quantitative estimate of drug-likeness (QED) is 0.543. The van der Waals surface area contributed by atoms with Crippen LogP contribution in [0.4, 0.5) is 10.5 Å². The van der Waals surface area contributed by atoms with Gasteiger partial charge in [0.1, 0.15) is 6.04 Å². The summed E-state index contributed by atoms with van der Waals surface area (Å²) in [6, 6.07) is 10.1. The number of amides is 3. The van der Waals surface area contributed by atoms with Crippen molar-refractivity contribution >= 4 is 38.4 Å². The number of aryl methyl sites for hydroxylation is 1. The molecule has 10 nitrogen and oxygen atoms in total. The lowest BCUT2D eigenvalue weighted by Crippen LogP contribution is -2.54. The number of carbonyl (C=O) groups is 2. The second kappa shape index (κ2) is 6.63. The molecule has 3 fully saturated rings. The fourth-order valence-electron chi connectivity index (χ4n) is 5.33. The van der Waals surface area contributed by atoms with Gasteiger partial charge in [-0.15, -0.1) is 0 Å². The standard InChI is InChI=1S/C22H18N6O4S/c1-25-11-19(24-12-25)33(31,32)26-10-14-8-18(26)20-21(29)28(22(30)27(14)20)17-7-6-13(9-23)15-4-2-3-5-16(15)17/h2-7,11-12,14,18,20H,8,10H2,1H3/t14?,18?,20-/m1/s1. The van der Waals surface area contributed by atoms with E-state index in [9.17, 15) is 23.3 Å². The summed E-state index contributed by atoms with van der Waals surface area (Å²) in [5, 5.41) is 10.6. The van der Waals surface area contributed by atoms with Crippen molar-refractivity contribution in [2.45, 2.75) is 29.6 Å². The van der Waals surface area contributed by atoms with Gasteiger partial charge in [-0.1, -0.05) is 24.3 Å². The van der Waals surface area contributed by atoms with Gasteiger partial charge in [0.15, 0.2) is 5.03 Å². The Hall–Kier alpha value is -3.75. The van der Waals surface area contributed by atoms with Gasteiger partial charge in [0.2, 0.25) is 0 Å². The molecule has 2 bridgehead atoms. The number of imide groups is 1. The zero-order valence-corrected chi connectivity index (χ0v) is 18.3. The van der Waals surface area contributed by atoms with Gasteiger partial charge in [0, 0.05) is 36.6 Å². The first kappa shape index (κ1) is 19.9. The van der Waals surface area contributed by atoms with Gasteiger partial charge < -0.3 is 9.47 Å². The third kappa shape index (κ3) is 2.56. The molecule has 0 saturated carbocycles. The number of nitriles is 1. The van der Waals surface area contributed by atoms with E-state index in [4.69, 9.17) is 0 Å². The lowest BCUT2D eigenvalue weighted by Gasteiger charge is -2.33. The van der Waals surface area contributed by atoms with Crippen molar-refractivity contribution in [1.29, 1.82) is 5.26 Å². The highest BCUT2D eigenvalue weighted by Gasteiger charge is 2.64. The fourth-order valence-corrected chi connectivity index (χ4v) is 6.98. The first-order valence-electron chi connectivity index (χ1n) is 10.4. The van der Waals surface area contributed by atoms with Crippen LogP contribution in [0.5, 0.6) is 0 Å². The maximum absolute atomic E-state index is 13.6. The van der Waals surface area contributed by atoms with Crippen LogP contribution < -0.4 is 4.90 Å². The van der Waals surface area contributed by atoms with Gasteiger partial charge >= 0.3 is 6.03 Å². The van der Waals surface area contributed by atoms with E-state index < -0.39 is 34.0 Å². The molecule has 0 radical (unpaired) electrons. The van der Waals surface area contributed by atoms with Crippen LogP contribution in [0.1, 0.15) is 12.0 Å². The Kier molecular flexibility index (Phi) is 4.00. The number of imidazole rings is 1. The van der Waals surface area contributed by atoms with E-state index in [-0.39, 0.29) is 17.6 Å². The van der Waals surface area contributed by atoms with Gasteiger partial charge in [0.05, 0.1) is 29.7 Å². The van der Waals surface area contributed by atoms with E-state index in [1.54, 1.807) is 48.0 Å². The summed E-state index contributed by atoms with van der Waals surface area (Å²) in [6.07, 6.45) is 3.25. The van der Waals surface area contributed by atoms with Crippen molar-refractivity contribution in [2.75, 3.05) is 11.4 Å². The second-order valence-electron chi connectivity index (χ2n) is 8.51. The SMILES string of the molecule is Cn1cnc(S(=O)(=O)N2CC3CC2[C@@H]2C(=O)N(c4ccc(C#N)c5ccccc45)C(=O)N32)c1. The third-order valence-electron chi connectivity index (χ3n) is 6.73. The summed E-state index contributed by atoms with van der Waals surface area (Å²) >= 11 is 0. The summed E-state index contributed by atoms with van der Waals surface area (Å²) in [4.78, 5) is 33.6. The lowest BCUT2D eigenvalue weighted by atomic mass is 10.0. The summed E-state index contributed by atoms with van der Waals surface area (Å²) in [7, 11) is -2.21. The number of anilines is 1. The molecule has 3 amide bonds. The highest BCUT2D eigenvalue weighted by Crippen LogP contribution is 2.45. The van der Waals surface area contributed by atoms with Gasteiger partial charge in [0.25, 0.3) is 15.9 Å². The molecule has 3 aliphatic heterocycles. The number of urea groups is 1. The third-order valence-corrected chi connectivity index (χ3v) is 8.51. The Labute approximate surface area is 189 Å². The number of fused-ring (bicyclic) bond motifs is 6. The number of nitrogens with zero attached hydrogens (tertiary/aromatic N) is 6. The number of rotatable bonds is 3. The molecular weight excluding hydrogens is 444 g/mol. The number of hydrogen-bond donors (Lipinski definition) is 0. The molecule has 6 rings (SSSR count). The molecule has 2 aromatic carbocycles. The molecule has 3 atom stereocenters. The number of piperazine rings is 1. The first-order valence-corrected chi connectivity index (χ1v) is 11.8. The van der Waals surface area contributed by atoms with Crippen LogP contribution in [0, 0.1) is 11.3 Å². The molecule has 0 N–H and O–H groups in total. The van der Waals surface area contributed by atoms with Gasteiger partial charge in [-0.3, -0.25) is 4.79 Å². The molecule has 2 unspecified atom stereocenters. The predicted molar refractivity (Wildman–Crippen MR) is 116 cm³/mol. The number of sulfonamides is 1. The average molecular weight is 462 g/mol. The van der Waals surface area contributed by atoms with E-state index in [2.05, 4.69) is 11.1 Å². The number of aromatic nitrogens is 2. The number of hydrogen-bond acceptors (Lipinski definition) is 6. The molecule has 11 heteroatoms. The van der Waals surface area contributed by atoms with Crippen molar-refractivity contribution in [3.63, 3.8) is 0 Å². The van der Waals surface area contributed by atoms with Crippen LogP contribution >= 0.6 is 0 Å². The minimum atomic E-state index is -3.90. The molecule has 3 aromatic rings. The number of benzene rings is 2. The summed E-state index contributed by atoms with van der Waals surface area (Å²) < 4.78 is 29.3. The molecule has 4 heterocycles. The molecule has 1 aromatic heterocycles. The zero-order chi connectivity index (χ0) is 23.1. The van der Waals surface area contributed by atoms with Crippen LogP contribution in [0.2, 0.25) is 0 Å². The first-order chi connectivity index (χ1) is 15.8. The average Bonchev–Trinajstić information content (AvgIpc) is 3.57. The summed E-state index contributed by atoms with van der Waals surface area (Å²) in [6.45, 7) is 0.126. The second-order valence-corrected chi connectivity index (χ2v) is 10.3. The van der Waals surface area contributed by atoms with E-state index in [1.807, 2.05) is 0 Å². The van der Waals surface area contributed by atoms with Crippen molar-refractivity contribution in [3.05, 3.63) is 54.5 Å². The molecule has 0 spiro atoms. The number of carbonyl (C=O) groups excluding carboxylic acids is 2. The largest absolute Gasteiger partial charge is 0.339 e. The Morgan fingerprint density at radius 2 is 1.88 bits per heavy atom. The molecule has 33 heavy (non-hydrogen) atoms. The molecule has 3 saturated heterocycles. The topological polar surface area (TPSA) is 120 Å². The maximum atomic E-state index is 13.6. The Balaban J connectivity index is 1.40. The van der Waals surface area contributed by atoms with E-state index in [1.165, 1.54) is 21.7 Å². The van der Waals surface area contributed by atoms with Crippen LogP contribution in [0.15, 0.2) is 53.9 Å². The predicted octanol–water partition coefficient (Wildman–Crippen LogP) is 1.43. The van der Waals surface area contributed by atoms with Crippen LogP contribution in [0.3, 0.4) is 0 Å². The van der Waals surface area contributed by atoms with Crippen molar-refractivity contribution in [2.24, 2.45) is 7.05 Å². The fraction of sp³-hybridized carbons (Fsp3) is 0.273. The van der Waals surface area contributed by atoms with Crippen LogP contribution in [0.25, 0.3) is 10.8 Å². The van der Waals surface area contributed by atoms with Gasteiger partial charge in [-0.05, 0) is 18.6 Å². The van der Waals surface area contributed by atoms with Gasteiger partial charge in [-0.25, -0.2) is 23.1 Å². The Morgan fingerprint density at radius 3 is 2.58 bits per heavy atom. The van der Waals surface area contributed by atoms with Crippen molar-refractivity contribution in [3.8, 4) is 6.07 Å². The zero-order valence-electron chi connectivity index (χ0n) is 17.5. The smallest absolute Gasteiger partial charge is 0.332 e. The summed E-state index contributed by atoms with van der Waals surface area (Å²) in [5.74, 6) is -0.455. The van der Waals surface area contributed by atoms with Crippen molar-refractivity contribution in [1.82, 2.24) is 18.8 Å². The molecular formula is C22H18N6O4S. The van der Waals surface area contributed by atoms with Crippen LogP contribution in [-0.4, -0.2) is 63.8 Å². The van der Waals surface area contributed by atoms with E-state index >= 15 is 0 Å². The minimum absolute atomic E-state index is 0.0733. The highest BCUT2D eigenvalue weighted by molar-refractivity contribution is 7.89.